The largest absolute Gasteiger partial charge is 0.394 e. The van der Waals surface area contributed by atoms with Crippen molar-refractivity contribution in [3.05, 3.63) is 35.4 Å². The Morgan fingerprint density at radius 3 is 2.21 bits per heavy atom. The normalized spacial score (nSPS) is 11.7. The Hall–Kier alpha value is -1.35. The third-order valence-electron chi connectivity index (χ3n) is 2.90. The van der Waals surface area contributed by atoms with Gasteiger partial charge in [-0.05, 0) is 37.3 Å². The molecule has 0 bridgehead atoms. The lowest BCUT2D eigenvalue weighted by molar-refractivity contribution is -0.122. The lowest BCUT2D eigenvalue weighted by atomic mass is 10.0. The molecular weight excluding hydrogens is 238 g/mol. The van der Waals surface area contributed by atoms with Gasteiger partial charge in [-0.2, -0.15) is 0 Å². The molecule has 0 aliphatic carbocycles. The fourth-order valence-corrected chi connectivity index (χ4v) is 1.91. The van der Waals surface area contributed by atoms with E-state index >= 15 is 0 Å². The highest BCUT2D eigenvalue weighted by Crippen LogP contribution is 2.10. The number of aliphatic hydroxyl groups excluding tert-OH is 1. The van der Waals surface area contributed by atoms with Gasteiger partial charge in [0.2, 0.25) is 5.91 Å². The third-order valence-corrected chi connectivity index (χ3v) is 2.90. The maximum Gasteiger partial charge on any atom is 0.224 e. The second kappa shape index (κ2) is 6.71. The number of nitrogens with one attached hydrogen (secondary N) is 1. The quantitative estimate of drug-likeness (QED) is 0.827. The van der Waals surface area contributed by atoms with Gasteiger partial charge in [0, 0.05) is 0 Å². The summed E-state index contributed by atoms with van der Waals surface area (Å²) in [7, 11) is 0. The Morgan fingerprint density at radius 2 is 1.74 bits per heavy atom. The molecule has 0 saturated carbocycles. The monoisotopic (exact) mass is 263 g/mol. The van der Waals surface area contributed by atoms with Crippen LogP contribution in [0, 0.1) is 5.92 Å². The van der Waals surface area contributed by atoms with Crippen molar-refractivity contribution in [3.8, 4) is 0 Å². The Labute approximate surface area is 116 Å². The van der Waals surface area contributed by atoms with E-state index in [4.69, 9.17) is 5.11 Å². The van der Waals surface area contributed by atoms with E-state index in [2.05, 4.69) is 31.3 Å². The van der Waals surface area contributed by atoms with E-state index in [0.717, 1.165) is 12.0 Å². The number of hydrogen-bond donors (Lipinski definition) is 2. The first-order valence-corrected chi connectivity index (χ1v) is 6.82. The average molecular weight is 263 g/mol. The van der Waals surface area contributed by atoms with Crippen molar-refractivity contribution in [2.24, 2.45) is 5.92 Å². The lowest BCUT2D eigenvalue weighted by Gasteiger charge is -2.23. The minimum absolute atomic E-state index is 0.0596. The standard InChI is InChI=1S/C16H25NO2/c1-12(2)9-13-5-7-14(8-6-13)10-15(19)17-16(3,4)11-18/h5-8,12,18H,9-11H2,1-4H3,(H,17,19). The summed E-state index contributed by atoms with van der Waals surface area (Å²) in [6.45, 7) is 7.93. The van der Waals surface area contributed by atoms with Crippen molar-refractivity contribution in [2.75, 3.05) is 6.61 Å². The summed E-state index contributed by atoms with van der Waals surface area (Å²) in [6, 6.07) is 8.17. The average Bonchev–Trinajstić information content (AvgIpc) is 2.30. The molecule has 0 atom stereocenters. The summed E-state index contributed by atoms with van der Waals surface area (Å²) in [5, 5.41) is 11.9. The summed E-state index contributed by atoms with van der Waals surface area (Å²) in [6.07, 6.45) is 1.41. The van der Waals surface area contributed by atoms with Crippen molar-refractivity contribution in [3.63, 3.8) is 0 Å². The van der Waals surface area contributed by atoms with Crippen LogP contribution in [0.15, 0.2) is 24.3 Å². The van der Waals surface area contributed by atoms with Gasteiger partial charge in [0.1, 0.15) is 0 Å². The van der Waals surface area contributed by atoms with Crippen LogP contribution >= 0.6 is 0 Å². The molecule has 1 amide bonds. The SMILES string of the molecule is CC(C)Cc1ccc(CC(=O)NC(C)(C)CO)cc1. The zero-order chi connectivity index (χ0) is 14.5. The van der Waals surface area contributed by atoms with Crippen LogP contribution in [0.1, 0.15) is 38.8 Å². The maximum absolute atomic E-state index is 11.8. The number of benzene rings is 1. The highest BCUT2D eigenvalue weighted by Gasteiger charge is 2.18. The van der Waals surface area contributed by atoms with Gasteiger partial charge >= 0.3 is 0 Å². The Kier molecular flexibility index (Phi) is 5.55. The zero-order valence-electron chi connectivity index (χ0n) is 12.4. The highest BCUT2D eigenvalue weighted by atomic mass is 16.3. The fourth-order valence-electron chi connectivity index (χ4n) is 1.91. The van der Waals surface area contributed by atoms with Crippen molar-refractivity contribution in [1.29, 1.82) is 0 Å². The molecule has 19 heavy (non-hydrogen) atoms. The number of aliphatic hydroxyl groups is 1. The molecule has 0 unspecified atom stereocenters. The maximum atomic E-state index is 11.8. The molecule has 0 spiro atoms. The van der Waals surface area contributed by atoms with E-state index in [9.17, 15) is 4.79 Å². The topological polar surface area (TPSA) is 49.3 Å². The fraction of sp³-hybridized carbons (Fsp3) is 0.562. The van der Waals surface area contributed by atoms with Crippen LogP contribution in [0.4, 0.5) is 0 Å². The number of carbonyl (C=O) groups excluding carboxylic acids is 1. The molecule has 106 valence electrons. The molecule has 1 aromatic carbocycles. The van der Waals surface area contributed by atoms with E-state index in [-0.39, 0.29) is 12.5 Å². The van der Waals surface area contributed by atoms with Gasteiger partial charge in [0.05, 0.1) is 18.6 Å². The van der Waals surface area contributed by atoms with Crippen molar-refractivity contribution in [1.82, 2.24) is 5.32 Å². The Morgan fingerprint density at radius 1 is 1.21 bits per heavy atom. The van der Waals surface area contributed by atoms with E-state index in [1.54, 1.807) is 13.8 Å². The van der Waals surface area contributed by atoms with Gasteiger partial charge in [-0.25, -0.2) is 0 Å². The minimum Gasteiger partial charge on any atom is -0.394 e. The van der Waals surface area contributed by atoms with Gasteiger partial charge < -0.3 is 10.4 Å². The van der Waals surface area contributed by atoms with Gasteiger partial charge in [0.25, 0.3) is 0 Å². The van der Waals surface area contributed by atoms with E-state index in [1.807, 2.05) is 12.1 Å². The van der Waals surface area contributed by atoms with E-state index < -0.39 is 5.54 Å². The molecule has 0 saturated heterocycles. The van der Waals surface area contributed by atoms with Crippen LogP contribution in [-0.4, -0.2) is 23.2 Å². The minimum atomic E-state index is -0.561. The molecular formula is C16H25NO2. The van der Waals surface area contributed by atoms with Crippen LogP contribution in [0.3, 0.4) is 0 Å². The van der Waals surface area contributed by atoms with Crippen molar-refractivity contribution < 1.29 is 9.90 Å². The van der Waals surface area contributed by atoms with Gasteiger partial charge in [0.15, 0.2) is 0 Å². The predicted molar refractivity (Wildman–Crippen MR) is 78.0 cm³/mol. The van der Waals surface area contributed by atoms with E-state index in [0.29, 0.717) is 12.3 Å². The molecule has 2 N–H and O–H groups in total. The molecule has 3 heteroatoms. The first-order valence-electron chi connectivity index (χ1n) is 6.82. The first-order chi connectivity index (χ1) is 8.82. The van der Waals surface area contributed by atoms with Gasteiger partial charge in [-0.15, -0.1) is 0 Å². The summed E-state index contributed by atoms with van der Waals surface area (Å²) >= 11 is 0. The Balaban J connectivity index is 2.56. The molecule has 0 fully saturated rings. The first kappa shape index (κ1) is 15.7. The number of carbonyl (C=O) groups is 1. The van der Waals surface area contributed by atoms with Gasteiger partial charge in [-0.3, -0.25) is 4.79 Å². The van der Waals surface area contributed by atoms with Crippen molar-refractivity contribution in [2.45, 2.75) is 46.1 Å². The molecule has 1 rings (SSSR count). The molecule has 1 aromatic rings. The molecule has 0 aliphatic rings. The number of hydrogen-bond acceptors (Lipinski definition) is 2. The second-order valence-corrected chi connectivity index (χ2v) is 6.18. The van der Waals surface area contributed by atoms with Crippen LogP contribution < -0.4 is 5.32 Å². The molecule has 0 aliphatic heterocycles. The highest BCUT2D eigenvalue weighted by molar-refractivity contribution is 5.79. The van der Waals surface area contributed by atoms with E-state index in [1.165, 1.54) is 5.56 Å². The van der Waals surface area contributed by atoms with Gasteiger partial charge in [-0.1, -0.05) is 38.1 Å². The molecule has 0 aromatic heterocycles. The number of amides is 1. The van der Waals surface area contributed by atoms with Crippen molar-refractivity contribution >= 4 is 5.91 Å². The van der Waals surface area contributed by atoms with Crippen LogP contribution in [0.5, 0.6) is 0 Å². The third kappa shape index (κ3) is 5.88. The summed E-state index contributed by atoms with van der Waals surface area (Å²) in [5.74, 6) is 0.579. The van der Waals surface area contributed by atoms with Crippen LogP contribution in [-0.2, 0) is 17.6 Å². The Bertz CT molecular complexity index is 407. The summed E-state index contributed by atoms with van der Waals surface area (Å²) in [4.78, 5) is 11.8. The second-order valence-electron chi connectivity index (χ2n) is 6.18. The predicted octanol–water partition coefficient (Wildman–Crippen LogP) is 2.31. The molecule has 0 radical (unpaired) electrons. The summed E-state index contributed by atoms with van der Waals surface area (Å²) in [5.41, 5.74) is 1.74. The molecule has 0 heterocycles. The zero-order valence-corrected chi connectivity index (χ0v) is 12.4. The molecule has 3 nitrogen and oxygen atoms in total. The smallest absolute Gasteiger partial charge is 0.224 e. The number of rotatable bonds is 6. The van der Waals surface area contributed by atoms with Crippen LogP contribution in [0.2, 0.25) is 0 Å². The van der Waals surface area contributed by atoms with Crippen LogP contribution in [0.25, 0.3) is 0 Å². The lowest BCUT2D eigenvalue weighted by Crippen LogP contribution is -2.46. The summed E-state index contributed by atoms with van der Waals surface area (Å²) < 4.78 is 0.